The minimum absolute atomic E-state index is 0.0525. The van der Waals surface area contributed by atoms with Crippen molar-refractivity contribution in [2.75, 3.05) is 36.5 Å². The summed E-state index contributed by atoms with van der Waals surface area (Å²) in [5.74, 6) is -1.12. The molecule has 3 rings (SSSR count). The summed E-state index contributed by atoms with van der Waals surface area (Å²) in [5.41, 5.74) is 12.6. The van der Waals surface area contributed by atoms with Crippen LogP contribution in [-0.4, -0.2) is 36.1 Å². The molecule has 0 spiro atoms. The fourth-order valence-electron chi connectivity index (χ4n) is 2.83. The van der Waals surface area contributed by atoms with E-state index in [4.69, 9.17) is 11.5 Å². The molecular weight excluding hydrogens is 302 g/mol. The van der Waals surface area contributed by atoms with Crippen LogP contribution in [-0.2, 0) is 0 Å². The Morgan fingerprint density at radius 3 is 2.65 bits per heavy atom. The predicted octanol–water partition coefficient (Wildman–Crippen LogP) is 1.38. The van der Waals surface area contributed by atoms with Crippen LogP contribution < -0.4 is 21.7 Å². The van der Waals surface area contributed by atoms with Gasteiger partial charge in [0.2, 0.25) is 5.95 Å². The lowest BCUT2D eigenvalue weighted by atomic mass is 10.1. The molecular formula is C15H18F2N6. The number of aromatic nitrogens is 2. The minimum atomic E-state index is -0.945. The summed E-state index contributed by atoms with van der Waals surface area (Å²) >= 11 is 0. The Kier molecular flexibility index (Phi) is 3.99. The number of likely N-dealkylation sites (N-methyl/N-ethyl adjacent to an activating group) is 1. The number of benzene rings is 1. The van der Waals surface area contributed by atoms with E-state index >= 15 is 0 Å². The van der Waals surface area contributed by atoms with Gasteiger partial charge in [0, 0.05) is 19.1 Å². The van der Waals surface area contributed by atoms with Crippen molar-refractivity contribution in [2.24, 2.45) is 0 Å². The first kappa shape index (κ1) is 15.4. The number of hydrogen-bond acceptors (Lipinski definition) is 6. The van der Waals surface area contributed by atoms with E-state index in [1.807, 2.05) is 11.9 Å². The Hall–Kier alpha value is -2.48. The number of nitrogens with two attached hydrogens (primary N) is 2. The molecule has 1 aromatic heterocycles. The van der Waals surface area contributed by atoms with Crippen LogP contribution in [0.4, 0.5) is 26.4 Å². The Labute approximate surface area is 132 Å². The van der Waals surface area contributed by atoms with E-state index in [2.05, 4.69) is 15.3 Å². The smallest absolute Gasteiger partial charge is 0.223 e. The Morgan fingerprint density at radius 2 is 2.00 bits per heavy atom. The normalized spacial score (nSPS) is 17.7. The lowest BCUT2D eigenvalue weighted by molar-refractivity contribution is 0.509. The van der Waals surface area contributed by atoms with E-state index in [1.54, 1.807) is 0 Å². The summed E-state index contributed by atoms with van der Waals surface area (Å²) in [6, 6.07) is 3.93. The maximum absolute atomic E-state index is 13.6. The van der Waals surface area contributed by atoms with Crippen LogP contribution >= 0.6 is 0 Å². The highest BCUT2D eigenvalue weighted by Crippen LogP contribution is 2.36. The Balaban J connectivity index is 2.10. The summed E-state index contributed by atoms with van der Waals surface area (Å²) in [6.45, 7) is 1.49. The molecule has 1 aliphatic rings. The van der Waals surface area contributed by atoms with E-state index in [-0.39, 0.29) is 11.8 Å². The van der Waals surface area contributed by atoms with Gasteiger partial charge < -0.3 is 21.7 Å². The van der Waals surface area contributed by atoms with Crippen LogP contribution in [0.25, 0.3) is 11.1 Å². The van der Waals surface area contributed by atoms with Gasteiger partial charge >= 0.3 is 0 Å². The van der Waals surface area contributed by atoms with Crippen molar-refractivity contribution in [3.05, 3.63) is 29.8 Å². The highest BCUT2D eigenvalue weighted by molar-refractivity contribution is 5.85. The van der Waals surface area contributed by atoms with Gasteiger partial charge in [-0.15, -0.1) is 0 Å². The Bertz CT molecular complexity index is 736. The molecule has 5 N–H and O–H groups in total. The molecule has 8 heteroatoms. The van der Waals surface area contributed by atoms with Crippen LogP contribution in [0.1, 0.15) is 6.42 Å². The molecule has 122 valence electrons. The van der Waals surface area contributed by atoms with Crippen molar-refractivity contribution >= 4 is 17.6 Å². The van der Waals surface area contributed by atoms with Crippen molar-refractivity contribution in [3.8, 4) is 11.1 Å². The molecule has 0 unspecified atom stereocenters. The number of hydrogen-bond donors (Lipinski definition) is 3. The second-order valence-corrected chi connectivity index (χ2v) is 5.51. The first-order valence-corrected chi connectivity index (χ1v) is 7.30. The molecule has 0 amide bonds. The number of nitrogens with one attached hydrogen (secondary N) is 1. The van der Waals surface area contributed by atoms with Gasteiger partial charge in [0.05, 0.1) is 5.56 Å². The number of nitrogen functional groups attached to an aromatic ring is 2. The number of anilines is 3. The zero-order chi connectivity index (χ0) is 16.6. The minimum Gasteiger partial charge on any atom is -0.383 e. The van der Waals surface area contributed by atoms with Crippen LogP contribution in [0.15, 0.2) is 18.2 Å². The van der Waals surface area contributed by atoms with Crippen molar-refractivity contribution in [2.45, 2.75) is 12.5 Å². The van der Waals surface area contributed by atoms with Gasteiger partial charge in [0.1, 0.15) is 11.6 Å². The Morgan fingerprint density at radius 1 is 1.22 bits per heavy atom. The summed E-state index contributed by atoms with van der Waals surface area (Å²) in [4.78, 5) is 10.3. The fraction of sp³-hybridized carbons (Fsp3) is 0.333. The predicted molar refractivity (Wildman–Crippen MR) is 85.9 cm³/mol. The zero-order valence-electron chi connectivity index (χ0n) is 12.7. The summed E-state index contributed by atoms with van der Waals surface area (Å²) < 4.78 is 26.8. The third-order valence-electron chi connectivity index (χ3n) is 4.04. The monoisotopic (exact) mass is 320 g/mol. The van der Waals surface area contributed by atoms with Crippen molar-refractivity contribution in [1.29, 1.82) is 0 Å². The van der Waals surface area contributed by atoms with E-state index in [9.17, 15) is 8.78 Å². The fourth-order valence-corrected chi connectivity index (χ4v) is 2.83. The molecule has 0 aliphatic carbocycles. The molecule has 2 heterocycles. The third kappa shape index (κ3) is 2.89. The van der Waals surface area contributed by atoms with Crippen molar-refractivity contribution < 1.29 is 8.78 Å². The zero-order valence-corrected chi connectivity index (χ0v) is 12.7. The maximum atomic E-state index is 13.6. The highest BCUT2D eigenvalue weighted by Gasteiger charge is 2.26. The third-order valence-corrected chi connectivity index (χ3v) is 4.04. The standard InChI is InChI=1S/C15H18F2N6/c1-20-9-4-5-23(7-9)14-12(13(18)21-15(19)22-14)8-2-3-10(16)11(17)6-8/h2-3,6,9,20H,4-5,7H2,1H3,(H4,18,19,21,22)/t9-/m1/s1. The number of halogens is 2. The van der Waals surface area contributed by atoms with Gasteiger partial charge in [-0.3, -0.25) is 0 Å². The second-order valence-electron chi connectivity index (χ2n) is 5.51. The van der Waals surface area contributed by atoms with E-state index in [0.29, 0.717) is 23.0 Å². The SMILES string of the molecule is CN[C@@H]1CCN(c2nc(N)nc(N)c2-c2ccc(F)c(F)c2)C1. The molecule has 0 radical (unpaired) electrons. The molecule has 0 bridgehead atoms. The van der Waals surface area contributed by atoms with Gasteiger partial charge in [-0.05, 0) is 31.2 Å². The van der Waals surface area contributed by atoms with Gasteiger partial charge in [-0.1, -0.05) is 6.07 Å². The molecule has 1 atom stereocenters. The summed E-state index contributed by atoms with van der Waals surface area (Å²) in [5, 5.41) is 3.21. The van der Waals surface area contributed by atoms with Gasteiger partial charge in [-0.25, -0.2) is 8.78 Å². The topological polar surface area (TPSA) is 93.1 Å². The van der Waals surface area contributed by atoms with Gasteiger partial charge in [0.15, 0.2) is 11.6 Å². The first-order valence-electron chi connectivity index (χ1n) is 7.30. The lowest BCUT2D eigenvalue weighted by Gasteiger charge is -2.22. The quantitative estimate of drug-likeness (QED) is 0.791. The second kappa shape index (κ2) is 5.96. The largest absolute Gasteiger partial charge is 0.383 e. The van der Waals surface area contributed by atoms with E-state index in [0.717, 1.165) is 31.6 Å². The molecule has 6 nitrogen and oxygen atoms in total. The molecule has 1 aromatic carbocycles. The van der Waals surface area contributed by atoms with Crippen LogP contribution in [0, 0.1) is 11.6 Å². The molecule has 2 aromatic rings. The molecule has 0 saturated carbocycles. The van der Waals surface area contributed by atoms with E-state index in [1.165, 1.54) is 6.07 Å². The number of rotatable bonds is 3. The van der Waals surface area contributed by atoms with Crippen molar-refractivity contribution in [3.63, 3.8) is 0 Å². The molecule has 1 saturated heterocycles. The first-order chi connectivity index (χ1) is 11.0. The van der Waals surface area contributed by atoms with Crippen molar-refractivity contribution in [1.82, 2.24) is 15.3 Å². The van der Waals surface area contributed by atoms with Crippen LogP contribution in [0.3, 0.4) is 0 Å². The average molecular weight is 320 g/mol. The molecule has 23 heavy (non-hydrogen) atoms. The van der Waals surface area contributed by atoms with Gasteiger partial charge in [0.25, 0.3) is 0 Å². The molecule has 1 fully saturated rings. The highest BCUT2D eigenvalue weighted by atomic mass is 19.2. The average Bonchev–Trinajstić information content (AvgIpc) is 2.98. The summed E-state index contributed by atoms with van der Waals surface area (Å²) in [6.07, 6.45) is 0.942. The maximum Gasteiger partial charge on any atom is 0.223 e. The van der Waals surface area contributed by atoms with Crippen LogP contribution in [0.2, 0.25) is 0 Å². The lowest BCUT2D eigenvalue weighted by Crippen LogP contribution is -2.30. The number of nitrogens with zero attached hydrogens (tertiary/aromatic N) is 3. The summed E-state index contributed by atoms with van der Waals surface area (Å²) in [7, 11) is 1.90. The van der Waals surface area contributed by atoms with E-state index < -0.39 is 11.6 Å². The molecule has 1 aliphatic heterocycles. The van der Waals surface area contributed by atoms with Gasteiger partial charge in [-0.2, -0.15) is 9.97 Å². The van der Waals surface area contributed by atoms with Crippen LogP contribution in [0.5, 0.6) is 0 Å².